The van der Waals surface area contributed by atoms with E-state index >= 15 is 0 Å². The Morgan fingerprint density at radius 3 is 2.48 bits per heavy atom. The lowest BCUT2D eigenvalue weighted by Crippen LogP contribution is -2.24. The normalized spacial score (nSPS) is 12.4. The van der Waals surface area contributed by atoms with Crippen molar-refractivity contribution in [1.82, 2.24) is 5.32 Å². The first kappa shape index (κ1) is 16.9. The molecule has 0 saturated carbocycles. The van der Waals surface area contributed by atoms with Crippen LogP contribution >= 0.6 is 43.5 Å². The molecule has 1 unspecified atom stereocenters. The summed E-state index contributed by atoms with van der Waals surface area (Å²) < 4.78 is 16.2. The Morgan fingerprint density at radius 2 is 1.86 bits per heavy atom. The zero-order valence-corrected chi connectivity index (χ0v) is 15.4. The van der Waals surface area contributed by atoms with E-state index in [4.69, 9.17) is 11.6 Å². The van der Waals surface area contributed by atoms with Gasteiger partial charge in [0.15, 0.2) is 0 Å². The van der Waals surface area contributed by atoms with E-state index in [2.05, 4.69) is 44.1 Å². The average Bonchev–Trinajstić information content (AvgIpc) is 2.42. The molecule has 1 N–H and O–H groups in total. The molecule has 0 aliphatic carbocycles. The highest BCUT2D eigenvalue weighted by Gasteiger charge is 2.19. The van der Waals surface area contributed by atoms with Gasteiger partial charge in [0.1, 0.15) is 5.82 Å². The van der Waals surface area contributed by atoms with Crippen LogP contribution in [0.15, 0.2) is 45.3 Å². The van der Waals surface area contributed by atoms with Crippen molar-refractivity contribution in [3.63, 3.8) is 0 Å². The minimum Gasteiger partial charge on any atom is -0.306 e. The van der Waals surface area contributed by atoms with Crippen LogP contribution in [0.2, 0.25) is 5.02 Å². The molecule has 0 aromatic heterocycles. The molecule has 21 heavy (non-hydrogen) atoms. The third-order valence-electron chi connectivity index (χ3n) is 3.15. The molecule has 0 spiro atoms. The zero-order valence-electron chi connectivity index (χ0n) is 11.5. The lowest BCUT2D eigenvalue weighted by molar-refractivity contribution is 0.546. The molecular weight excluding hydrogens is 420 g/mol. The predicted molar refractivity (Wildman–Crippen MR) is 93.4 cm³/mol. The molecule has 1 atom stereocenters. The highest BCUT2D eigenvalue weighted by molar-refractivity contribution is 9.11. The molecule has 2 rings (SSSR count). The molecule has 0 amide bonds. The summed E-state index contributed by atoms with van der Waals surface area (Å²) >= 11 is 12.8. The van der Waals surface area contributed by atoms with Crippen LogP contribution in [-0.4, -0.2) is 6.54 Å². The van der Waals surface area contributed by atoms with Gasteiger partial charge in [0.25, 0.3) is 0 Å². The molecule has 2 aromatic rings. The summed E-state index contributed by atoms with van der Waals surface area (Å²) in [4.78, 5) is 0. The predicted octanol–water partition coefficient (Wildman–Crippen LogP) is 6.09. The molecule has 2 aromatic carbocycles. The second-order valence-electron chi connectivity index (χ2n) is 4.72. The summed E-state index contributed by atoms with van der Waals surface area (Å²) in [6.07, 6.45) is 0.972. The maximum Gasteiger partial charge on any atom is 0.129 e. The standard InChI is InChI=1S/C16H15Br2ClFN/c1-2-7-21-16(12-5-3-10(17)8-14(12)18)13-6-4-11(19)9-15(13)20/h3-6,8-9,16,21H,2,7H2,1H3. The van der Waals surface area contributed by atoms with E-state index in [0.717, 1.165) is 27.5 Å². The molecule has 0 aliphatic rings. The second kappa shape index (κ2) is 7.73. The Kier molecular flexibility index (Phi) is 6.23. The van der Waals surface area contributed by atoms with Crippen LogP contribution in [0.3, 0.4) is 0 Å². The van der Waals surface area contributed by atoms with Crippen LogP contribution in [0.1, 0.15) is 30.5 Å². The fourth-order valence-corrected chi connectivity index (χ4v) is 3.58. The van der Waals surface area contributed by atoms with Crippen molar-refractivity contribution in [1.29, 1.82) is 0 Å². The van der Waals surface area contributed by atoms with Gasteiger partial charge in [0.05, 0.1) is 6.04 Å². The van der Waals surface area contributed by atoms with Crippen LogP contribution < -0.4 is 5.32 Å². The van der Waals surface area contributed by atoms with Gasteiger partial charge < -0.3 is 5.32 Å². The van der Waals surface area contributed by atoms with Gasteiger partial charge in [-0.2, -0.15) is 0 Å². The Bertz CT molecular complexity index is 582. The molecule has 0 saturated heterocycles. The maximum absolute atomic E-state index is 14.3. The van der Waals surface area contributed by atoms with Crippen molar-refractivity contribution in [2.45, 2.75) is 19.4 Å². The van der Waals surface area contributed by atoms with Gasteiger partial charge in [-0.15, -0.1) is 0 Å². The van der Waals surface area contributed by atoms with Crippen molar-refractivity contribution in [3.8, 4) is 0 Å². The summed E-state index contributed by atoms with van der Waals surface area (Å²) in [5.41, 5.74) is 1.59. The Morgan fingerprint density at radius 1 is 1.14 bits per heavy atom. The molecule has 1 nitrogen and oxygen atoms in total. The van der Waals surface area contributed by atoms with Gasteiger partial charge in [-0.05, 0) is 42.8 Å². The Balaban J connectivity index is 2.46. The topological polar surface area (TPSA) is 12.0 Å². The summed E-state index contributed by atoms with van der Waals surface area (Å²) in [6, 6.07) is 10.5. The number of benzene rings is 2. The van der Waals surface area contributed by atoms with E-state index in [-0.39, 0.29) is 11.9 Å². The highest BCUT2D eigenvalue weighted by Crippen LogP contribution is 2.32. The summed E-state index contributed by atoms with van der Waals surface area (Å²) in [5.74, 6) is -0.300. The number of hydrogen-bond acceptors (Lipinski definition) is 1. The van der Waals surface area contributed by atoms with Crippen LogP contribution in [0.4, 0.5) is 4.39 Å². The minimum atomic E-state index is -0.300. The van der Waals surface area contributed by atoms with E-state index < -0.39 is 0 Å². The van der Waals surface area contributed by atoms with E-state index in [1.54, 1.807) is 12.1 Å². The smallest absolute Gasteiger partial charge is 0.129 e. The van der Waals surface area contributed by atoms with Crippen molar-refractivity contribution in [3.05, 3.63) is 67.3 Å². The number of halogens is 4. The van der Waals surface area contributed by atoms with Crippen LogP contribution in [0.25, 0.3) is 0 Å². The van der Waals surface area contributed by atoms with Crippen molar-refractivity contribution < 1.29 is 4.39 Å². The van der Waals surface area contributed by atoms with E-state index in [1.807, 2.05) is 18.2 Å². The Hall–Kier alpha value is -0.420. The highest BCUT2D eigenvalue weighted by atomic mass is 79.9. The SMILES string of the molecule is CCCNC(c1ccc(Cl)cc1F)c1ccc(Br)cc1Br. The Labute approximate surface area is 146 Å². The van der Waals surface area contributed by atoms with Gasteiger partial charge in [0.2, 0.25) is 0 Å². The summed E-state index contributed by atoms with van der Waals surface area (Å²) in [6.45, 7) is 2.88. The fraction of sp³-hybridized carbons (Fsp3) is 0.250. The van der Waals surface area contributed by atoms with Gasteiger partial charge in [-0.1, -0.05) is 62.5 Å². The molecule has 5 heteroatoms. The van der Waals surface area contributed by atoms with E-state index in [9.17, 15) is 4.39 Å². The first-order valence-electron chi connectivity index (χ1n) is 6.66. The number of rotatable bonds is 5. The minimum absolute atomic E-state index is 0.218. The quantitative estimate of drug-likeness (QED) is 0.599. The first-order valence-corrected chi connectivity index (χ1v) is 8.62. The lowest BCUT2D eigenvalue weighted by atomic mass is 9.98. The van der Waals surface area contributed by atoms with Crippen molar-refractivity contribution in [2.24, 2.45) is 0 Å². The number of hydrogen-bond donors (Lipinski definition) is 1. The van der Waals surface area contributed by atoms with E-state index in [0.29, 0.717) is 10.6 Å². The third kappa shape index (κ3) is 4.28. The molecule has 0 radical (unpaired) electrons. The number of nitrogens with one attached hydrogen (secondary N) is 1. The monoisotopic (exact) mass is 433 g/mol. The second-order valence-corrected chi connectivity index (χ2v) is 6.93. The van der Waals surface area contributed by atoms with Crippen LogP contribution in [-0.2, 0) is 0 Å². The van der Waals surface area contributed by atoms with Gasteiger partial charge >= 0.3 is 0 Å². The van der Waals surface area contributed by atoms with Crippen LogP contribution in [0, 0.1) is 5.82 Å². The molecule has 0 fully saturated rings. The molecular formula is C16H15Br2ClFN. The van der Waals surface area contributed by atoms with Crippen LogP contribution in [0.5, 0.6) is 0 Å². The largest absolute Gasteiger partial charge is 0.306 e. The van der Waals surface area contributed by atoms with E-state index in [1.165, 1.54) is 6.07 Å². The van der Waals surface area contributed by atoms with Gasteiger partial charge in [-0.3, -0.25) is 0 Å². The lowest BCUT2D eigenvalue weighted by Gasteiger charge is -2.21. The average molecular weight is 436 g/mol. The zero-order chi connectivity index (χ0) is 15.4. The molecule has 0 bridgehead atoms. The molecule has 112 valence electrons. The summed E-state index contributed by atoms with van der Waals surface area (Å²) in [7, 11) is 0. The molecule has 0 heterocycles. The first-order chi connectivity index (χ1) is 10.0. The van der Waals surface area contributed by atoms with Gasteiger partial charge in [0, 0.05) is 19.5 Å². The molecule has 0 aliphatic heterocycles. The third-order valence-corrected chi connectivity index (χ3v) is 4.56. The van der Waals surface area contributed by atoms with Crippen molar-refractivity contribution in [2.75, 3.05) is 6.54 Å². The summed E-state index contributed by atoms with van der Waals surface area (Å²) in [5, 5.41) is 3.80. The maximum atomic E-state index is 14.3. The van der Waals surface area contributed by atoms with Crippen molar-refractivity contribution >= 4 is 43.5 Å². The fourth-order valence-electron chi connectivity index (χ4n) is 2.15. The van der Waals surface area contributed by atoms with Gasteiger partial charge in [-0.25, -0.2) is 4.39 Å².